The van der Waals surface area contributed by atoms with E-state index < -0.39 is 0 Å². The molecule has 1 rings (SSSR count). The zero-order valence-electron chi connectivity index (χ0n) is 8.76. The van der Waals surface area contributed by atoms with Gasteiger partial charge in [0.2, 0.25) is 0 Å². The molecule has 1 aromatic carbocycles. The molecule has 0 aliphatic carbocycles. The zero-order chi connectivity index (χ0) is 11.1. The van der Waals surface area contributed by atoms with Crippen LogP contribution in [0.25, 0.3) is 0 Å². The maximum absolute atomic E-state index is 8.93. The van der Waals surface area contributed by atoms with Crippen molar-refractivity contribution in [3.8, 4) is 5.75 Å². The van der Waals surface area contributed by atoms with Gasteiger partial charge in [0.1, 0.15) is 5.75 Å². The topological polar surface area (TPSA) is 41.8 Å². The van der Waals surface area contributed by atoms with Gasteiger partial charge in [-0.15, -0.1) is 0 Å². The molecule has 0 aliphatic heterocycles. The third-order valence-electron chi connectivity index (χ3n) is 2.25. The summed E-state index contributed by atoms with van der Waals surface area (Å²) in [5.74, 6) is 1.00. The van der Waals surface area contributed by atoms with E-state index in [1.165, 1.54) is 0 Å². The maximum atomic E-state index is 8.93. The minimum atomic E-state index is 0.160. The molecule has 0 fully saturated rings. The molecular weight excluding hydrogens is 209 g/mol. The molecule has 0 amide bonds. The Kier molecular flexibility index (Phi) is 5.30. The molecule has 0 spiro atoms. The van der Waals surface area contributed by atoms with Crippen molar-refractivity contribution < 1.29 is 9.84 Å². The predicted octanol–water partition coefficient (Wildman–Crippen LogP) is 2.02. The predicted molar refractivity (Wildman–Crippen MR) is 65.6 cm³/mol. The molecule has 0 heterocycles. The van der Waals surface area contributed by atoms with Crippen LogP contribution in [-0.2, 0) is 0 Å². The molecule has 15 heavy (non-hydrogen) atoms. The van der Waals surface area contributed by atoms with Gasteiger partial charge in [0.05, 0.1) is 7.11 Å². The molecule has 2 atom stereocenters. The van der Waals surface area contributed by atoms with E-state index in [0.29, 0.717) is 6.42 Å². The second-order valence-corrected chi connectivity index (χ2v) is 3.49. The molecule has 3 nitrogen and oxygen atoms in total. The highest BCUT2D eigenvalue weighted by Crippen LogP contribution is 2.21. The van der Waals surface area contributed by atoms with Crippen LogP contribution in [0.15, 0.2) is 29.0 Å². The van der Waals surface area contributed by atoms with Crippen molar-refractivity contribution in [3.05, 3.63) is 29.8 Å². The zero-order valence-corrected chi connectivity index (χ0v) is 9.91. The first-order chi connectivity index (χ1) is 7.31. The normalized spacial score (nSPS) is 13.0. The lowest BCUT2D eigenvalue weighted by Gasteiger charge is -2.11. The van der Waals surface area contributed by atoms with Crippen molar-refractivity contribution in [2.24, 2.45) is 4.76 Å². The lowest BCUT2D eigenvalue weighted by Crippen LogP contribution is -2.02. The minimum Gasteiger partial charge on any atom is -0.497 e. The average Bonchev–Trinajstić information content (AvgIpc) is 2.29. The van der Waals surface area contributed by atoms with Crippen LogP contribution in [0.3, 0.4) is 0 Å². The fourth-order valence-electron chi connectivity index (χ4n) is 1.42. The van der Waals surface area contributed by atoms with Crippen molar-refractivity contribution in [2.75, 3.05) is 13.7 Å². The van der Waals surface area contributed by atoms with Gasteiger partial charge < -0.3 is 9.84 Å². The van der Waals surface area contributed by atoms with Gasteiger partial charge in [-0.3, -0.25) is 4.76 Å². The van der Waals surface area contributed by atoms with E-state index in [4.69, 9.17) is 9.84 Å². The molecule has 0 aromatic heterocycles. The van der Waals surface area contributed by atoms with Crippen molar-refractivity contribution in [3.63, 3.8) is 0 Å². The van der Waals surface area contributed by atoms with Crippen molar-refractivity contribution in [1.82, 2.24) is 0 Å². The molecule has 2 unspecified atom stereocenters. The van der Waals surface area contributed by atoms with Crippen molar-refractivity contribution >= 4 is 15.6 Å². The molecule has 0 saturated heterocycles. The monoisotopic (exact) mass is 225 g/mol. The van der Waals surface area contributed by atoms with E-state index in [-0.39, 0.29) is 12.5 Å². The molecule has 1 aromatic rings. The molecule has 82 valence electrons. The fraction of sp³-hybridized carbons (Fsp3) is 0.364. The van der Waals surface area contributed by atoms with Crippen LogP contribution in [0.5, 0.6) is 5.75 Å². The standard InChI is InChI=1S/C11H16NO2P/c1-14-11-4-2-9(3-5-11)10(6-7-13)8-12-15/h2-5,8,10,13H,6-7,15H2,1H3/b12-8+. The summed E-state index contributed by atoms with van der Waals surface area (Å²) < 4.78 is 9.00. The quantitative estimate of drug-likeness (QED) is 0.615. The summed E-state index contributed by atoms with van der Waals surface area (Å²) in [5, 5.41) is 8.93. The largest absolute Gasteiger partial charge is 0.497 e. The van der Waals surface area contributed by atoms with Gasteiger partial charge in [-0.25, -0.2) is 0 Å². The Morgan fingerprint density at radius 2 is 2.13 bits per heavy atom. The number of aliphatic hydroxyl groups excluding tert-OH is 1. The molecule has 1 N–H and O–H groups in total. The van der Waals surface area contributed by atoms with Gasteiger partial charge in [-0.05, 0) is 33.5 Å². The molecule has 4 heteroatoms. The van der Waals surface area contributed by atoms with Crippen LogP contribution in [0.1, 0.15) is 17.9 Å². The van der Waals surface area contributed by atoms with Crippen LogP contribution < -0.4 is 4.74 Å². The first-order valence-corrected chi connectivity index (χ1v) is 5.31. The van der Waals surface area contributed by atoms with Crippen LogP contribution >= 0.6 is 9.39 Å². The highest BCUT2D eigenvalue weighted by molar-refractivity contribution is 7.14. The number of hydrogen-bond donors (Lipinski definition) is 1. The lowest BCUT2D eigenvalue weighted by atomic mass is 9.97. The SMILES string of the molecule is COc1ccc(C(/C=N/P)CCO)cc1. The molecule has 0 saturated carbocycles. The number of benzene rings is 1. The maximum Gasteiger partial charge on any atom is 0.118 e. The minimum absolute atomic E-state index is 0.160. The van der Waals surface area contributed by atoms with Gasteiger partial charge in [-0.1, -0.05) is 12.1 Å². The number of ether oxygens (including phenoxy) is 1. The van der Waals surface area contributed by atoms with E-state index in [1.807, 2.05) is 30.5 Å². The number of rotatable bonds is 5. The Morgan fingerprint density at radius 3 is 2.60 bits per heavy atom. The van der Waals surface area contributed by atoms with Gasteiger partial charge in [0.25, 0.3) is 0 Å². The fourth-order valence-corrected chi connectivity index (χ4v) is 1.63. The smallest absolute Gasteiger partial charge is 0.118 e. The van der Waals surface area contributed by atoms with Crippen LogP contribution in [0.2, 0.25) is 0 Å². The second-order valence-electron chi connectivity index (χ2n) is 3.19. The van der Waals surface area contributed by atoms with Gasteiger partial charge in [0, 0.05) is 18.7 Å². The lowest BCUT2D eigenvalue weighted by molar-refractivity contribution is 0.285. The highest BCUT2D eigenvalue weighted by atomic mass is 31.0. The van der Waals surface area contributed by atoms with Crippen molar-refractivity contribution in [1.29, 1.82) is 0 Å². The summed E-state index contributed by atoms with van der Waals surface area (Å²) >= 11 is 0. The van der Waals surface area contributed by atoms with E-state index in [0.717, 1.165) is 11.3 Å². The summed E-state index contributed by atoms with van der Waals surface area (Å²) in [7, 11) is 3.95. The van der Waals surface area contributed by atoms with Crippen LogP contribution in [0, 0.1) is 0 Å². The van der Waals surface area contributed by atoms with E-state index >= 15 is 0 Å². The number of hydrogen-bond acceptors (Lipinski definition) is 3. The molecular formula is C11H16NO2P. The number of methoxy groups -OCH3 is 1. The van der Waals surface area contributed by atoms with Crippen molar-refractivity contribution in [2.45, 2.75) is 12.3 Å². The summed E-state index contributed by atoms with van der Waals surface area (Å²) in [6.45, 7) is 0.160. The Labute approximate surface area is 92.4 Å². The molecule has 0 radical (unpaired) electrons. The van der Waals surface area contributed by atoms with E-state index in [9.17, 15) is 0 Å². The van der Waals surface area contributed by atoms with E-state index in [1.54, 1.807) is 7.11 Å². The Balaban J connectivity index is 2.81. The molecule has 0 bridgehead atoms. The van der Waals surface area contributed by atoms with Gasteiger partial charge in [-0.2, -0.15) is 0 Å². The first-order valence-electron chi connectivity index (χ1n) is 4.80. The van der Waals surface area contributed by atoms with Crippen LogP contribution in [-0.4, -0.2) is 25.0 Å². The Bertz CT molecular complexity index is 311. The average molecular weight is 225 g/mol. The van der Waals surface area contributed by atoms with Gasteiger partial charge in [0.15, 0.2) is 0 Å². The van der Waals surface area contributed by atoms with E-state index in [2.05, 4.69) is 14.2 Å². The Hall–Kier alpha value is -0.920. The summed E-state index contributed by atoms with van der Waals surface area (Å²) in [6.07, 6.45) is 2.51. The second kappa shape index (κ2) is 6.54. The summed E-state index contributed by atoms with van der Waals surface area (Å²) in [6, 6.07) is 7.81. The third kappa shape index (κ3) is 3.61. The number of nitrogens with zero attached hydrogens (tertiary/aromatic N) is 1. The number of aliphatic hydroxyl groups is 1. The highest BCUT2D eigenvalue weighted by Gasteiger charge is 2.07. The first kappa shape index (κ1) is 12.2. The Morgan fingerprint density at radius 1 is 1.47 bits per heavy atom. The summed E-state index contributed by atoms with van der Waals surface area (Å²) in [4.78, 5) is 0. The molecule has 0 aliphatic rings. The third-order valence-corrected chi connectivity index (χ3v) is 2.42. The van der Waals surface area contributed by atoms with Gasteiger partial charge >= 0.3 is 0 Å². The van der Waals surface area contributed by atoms with Crippen LogP contribution in [0.4, 0.5) is 0 Å². The summed E-state index contributed by atoms with van der Waals surface area (Å²) in [5.41, 5.74) is 1.14.